The third-order valence-corrected chi connectivity index (χ3v) is 8.40. The molecule has 0 aliphatic heterocycles. The van der Waals surface area contributed by atoms with E-state index in [1.807, 2.05) is 94.4 Å². The zero-order valence-electron chi connectivity index (χ0n) is 30.1. The summed E-state index contributed by atoms with van der Waals surface area (Å²) in [6, 6.07) is 22.7. The van der Waals surface area contributed by atoms with Gasteiger partial charge in [-0.15, -0.1) is 0 Å². The van der Waals surface area contributed by atoms with Gasteiger partial charge in [-0.05, 0) is 94.0 Å². The quantitative estimate of drug-likeness (QED) is 0.161. The van der Waals surface area contributed by atoms with Crippen LogP contribution in [0.2, 0.25) is 0 Å². The number of aryl methyl sites for hydroxylation is 1. The van der Waals surface area contributed by atoms with Crippen LogP contribution in [0, 0.1) is 13.8 Å². The lowest BCUT2D eigenvalue weighted by atomic mass is 9.84. The molecule has 0 unspecified atom stereocenters. The molecule has 0 bridgehead atoms. The van der Waals surface area contributed by atoms with Crippen LogP contribution in [0.3, 0.4) is 0 Å². The number of hydrogen-bond donors (Lipinski definition) is 2. The third-order valence-electron chi connectivity index (χ3n) is 8.40. The van der Waals surface area contributed by atoms with Crippen molar-refractivity contribution in [3.8, 4) is 5.75 Å². The molecule has 0 spiro atoms. The van der Waals surface area contributed by atoms with Crippen LogP contribution in [0.4, 0.5) is 10.5 Å². The van der Waals surface area contributed by atoms with E-state index < -0.39 is 29.1 Å². The van der Waals surface area contributed by atoms with E-state index in [0.29, 0.717) is 11.3 Å². The molecule has 264 valence electrons. The standard InChI is InChI=1S/C40H47N3O7/c1-26-23-43(24-29-16-20-32(48-8)21-17-29)36(45)34(27(26)2)42-35(44)33(41-38(47)49-25-30-12-10-9-11-13-30)22-28-14-18-31(19-15-28)40(6,7)37(46)50-39(3,4)5/h9-21,23,33H,22,24-25H2,1-8H3,(H,41,47)(H,42,44)/t33-/m1/s1. The maximum atomic E-state index is 13.9. The van der Waals surface area contributed by atoms with Crippen LogP contribution in [0.25, 0.3) is 0 Å². The predicted molar refractivity (Wildman–Crippen MR) is 193 cm³/mol. The molecule has 50 heavy (non-hydrogen) atoms. The van der Waals surface area contributed by atoms with Gasteiger partial charge < -0.3 is 29.4 Å². The first-order chi connectivity index (χ1) is 23.6. The number of carbonyl (C=O) groups excluding carboxylic acids is 3. The number of nitrogens with one attached hydrogen (secondary N) is 2. The second-order valence-electron chi connectivity index (χ2n) is 13.9. The molecule has 0 aliphatic rings. The minimum absolute atomic E-state index is 0.0164. The maximum Gasteiger partial charge on any atom is 0.408 e. The van der Waals surface area contributed by atoms with E-state index in [9.17, 15) is 19.2 Å². The van der Waals surface area contributed by atoms with Crippen molar-refractivity contribution in [1.29, 1.82) is 0 Å². The van der Waals surface area contributed by atoms with Crippen LogP contribution in [0.15, 0.2) is 89.9 Å². The number of benzene rings is 3. The van der Waals surface area contributed by atoms with E-state index in [-0.39, 0.29) is 36.8 Å². The molecule has 0 aliphatic carbocycles. The van der Waals surface area contributed by atoms with E-state index in [0.717, 1.165) is 27.8 Å². The van der Waals surface area contributed by atoms with Gasteiger partial charge in [0.1, 0.15) is 29.7 Å². The van der Waals surface area contributed by atoms with E-state index >= 15 is 0 Å². The van der Waals surface area contributed by atoms with Crippen LogP contribution >= 0.6 is 0 Å². The fourth-order valence-electron chi connectivity index (χ4n) is 5.23. The van der Waals surface area contributed by atoms with Crippen molar-refractivity contribution in [1.82, 2.24) is 9.88 Å². The number of rotatable bonds is 12. The molecule has 0 radical (unpaired) electrons. The molecule has 0 saturated carbocycles. The van der Waals surface area contributed by atoms with Gasteiger partial charge in [-0.25, -0.2) is 4.79 Å². The van der Waals surface area contributed by atoms with Crippen molar-refractivity contribution in [3.05, 3.63) is 129 Å². The fourth-order valence-corrected chi connectivity index (χ4v) is 5.23. The van der Waals surface area contributed by atoms with E-state index in [1.54, 1.807) is 50.8 Å². The predicted octanol–water partition coefficient (Wildman–Crippen LogP) is 6.62. The highest BCUT2D eigenvalue weighted by Crippen LogP contribution is 2.28. The number of amides is 2. The molecule has 0 saturated heterocycles. The number of carbonyl (C=O) groups is 3. The summed E-state index contributed by atoms with van der Waals surface area (Å²) in [5.74, 6) is -0.234. The number of esters is 1. The van der Waals surface area contributed by atoms with Gasteiger partial charge in [-0.2, -0.15) is 0 Å². The highest BCUT2D eigenvalue weighted by Gasteiger charge is 2.34. The van der Waals surface area contributed by atoms with Crippen LogP contribution in [-0.2, 0) is 44.1 Å². The summed E-state index contributed by atoms with van der Waals surface area (Å²) in [7, 11) is 1.59. The first-order valence-electron chi connectivity index (χ1n) is 16.5. The Morgan fingerprint density at radius 1 is 0.820 bits per heavy atom. The SMILES string of the molecule is COc1ccc(Cn2cc(C)c(C)c(NC(=O)[C@@H](Cc3ccc(C(C)(C)C(=O)OC(C)(C)C)cc3)NC(=O)OCc3ccccc3)c2=O)cc1. The molecule has 4 rings (SSSR count). The topological polar surface area (TPSA) is 125 Å². The molecule has 3 aromatic carbocycles. The van der Waals surface area contributed by atoms with Crippen molar-refractivity contribution in [2.45, 2.75) is 85.1 Å². The van der Waals surface area contributed by atoms with E-state index in [4.69, 9.17) is 14.2 Å². The maximum absolute atomic E-state index is 13.9. The highest BCUT2D eigenvalue weighted by atomic mass is 16.6. The van der Waals surface area contributed by atoms with Gasteiger partial charge in [0.15, 0.2) is 0 Å². The summed E-state index contributed by atoms with van der Waals surface area (Å²) in [6.45, 7) is 13.0. The van der Waals surface area contributed by atoms with Gasteiger partial charge in [-0.1, -0.05) is 66.7 Å². The van der Waals surface area contributed by atoms with Gasteiger partial charge in [0.25, 0.3) is 5.56 Å². The molecule has 0 fully saturated rings. The molecule has 1 heterocycles. The molecule has 1 aromatic heterocycles. The Balaban J connectivity index is 1.58. The summed E-state index contributed by atoms with van der Waals surface area (Å²) in [5.41, 5.74) is 2.75. The molecule has 4 aromatic rings. The van der Waals surface area contributed by atoms with Crippen molar-refractivity contribution in [2.75, 3.05) is 12.4 Å². The number of nitrogens with zero attached hydrogens (tertiary/aromatic N) is 1. The molecule has 2 N–H and O–H groups in total. The monoisotopic (exact) mass is 681 g/mol. The average Bonchev–Trinajstić information content (AvgIpc) is 3.08. The summed E-state index contributed by atoms with van der Waals surface area (Å²) >= 11 is 0. The Morgan fingerprint density at radius 2 is 1.44 bits per heavy atom. The molecule has 1 atom stereocenters. The largest absolute Gasteiger partial charge is 0.497 e. The van der Waals surface area contributed by atoms with Gasteiger partial charge in [0, 0.05) is 12.6 Å². The summed E-state index contributed by atoms with van der Waals surface area (Å²) in [6.07, 6.45) is 1.06. The van der Waals surface area contributed by atoms with Crippen molar-refractivity contribution >= 4 is 23.7 Å². The minimum atomic E-state index is -1.10. The minimum Gasteiger partial charge on any atom is -0.497 e. The first kappa shape index (κ1) is 37.4. The second kappa shape index (κ2) is 15.9. The summed E-state index contributed by atoms with van der Waals surface area (Å²) in [5, 5.41) is 5.51. The fraction of sp³-hybridized carbons (Fsp3) is 0.350. The van der Waals surface area contributed by atoms with Gasteiger partial charge >= 0.3 is 12.1 Å². The number of pyridine rings is 1. The molecule has 10 heteroatoms. The van der Waals surface area contributed by atoms with Gasteiger partial charge in [0.05, 0.1) is 19.1 Å². The smallest absolute Gasteiger partial charge is 0.408 e. The Labute approximate surface area is 293 Å². The van der Waals surface area contributed by atoms with Gasteiger partial charge in [0.2, 0.25) is 5.91 Å². The van der Waals surface area contributed by atoms with Crippen LogP contribution in [-0.4, -0.2) is 41.3 Å². The van der Waals surface area contributed by atoms with Crippen molar-refractivity contribution in [3.63, 3.8) is 0 Å². The Hall–Kier alpha value is -5.38. The number of ether oxygens (including phenoxy) is 3. The third kappa shape index (κ3) is 9.84. The lowest BCUT2D eigenvalue weighted by Gasteiger charge is -2.29. The van der Waals surface area contributed by atoms with Crippen molar-refractivity contribution < 1.29 is 28.6 Å². The highest BCUT2D eigenvalue weighted by molar-refractivity contribution is 5.97. The first-order valence-corrected chi connectivity index (χ1v) is 16.5. The van der Waals surface area contributed by atoms with Crippen LogP contribution in [0.1, 0.15) is 68.0 Å². The number of aromatic nitrogens is 1. The lowest BCUT2D eigenvalue weighted by Crippen LogP contribution is -2.46. The normalized spacial score (nSPS) is 12.1. The van der Waals surface area contributed by atoms with Crippen molar-refractivity contribution in [2.24, 2.45) is 0 Å². The Bertz CT molecular complexity index is 1860. The Kier molecular flexibility index (Phi) is 11.9. The number of hydrogen-bond acceptors (Lipinski definition) is 7. The zero-order valence-corrected chi connectivity index (χ0v) is 30.1. The summed E-state index contributed by atoms with van der Waals surface area (Å²) < 4.78 is 17.9. The molecule has 2 amide bonds. The van der Waals surface area contributed by atoms with Crippen LogP contribution in [0.5, 0.6) is 5.75 Å². The number of anilines is 1. The number of alkyl carbamates (subject to hydrolysis) is 1. The molecular formula is C40H47N3O7. The second-order valence-corrected chi connectivity index (χ2v) is 13.9. The van der Waals surface area contributed by atoms with E-state index in [1.165, 1.54) is 0 Å². The van der Waals surface area contributed by atoms with Crippen LogP contribution < -0.4 is 20.9 Å². The summed E-state index contributed by atoms with van der Waals surface area (Å²) in [4.78, 5) is 53.6. The lowest BCUT2D eigenvalue weighted by molar-refractivity contribution is -0.160. The average molecular weight is 682 g/mol. The Morgan fingerprint density at radius 3 is 2.04 bits per heavy atom. The van der Waals surface area contributed by atoms with Gasteiger partial charge in [-0.3, -0.25) is 14.4 Å². The molecular weight excluding hydrogens is 634 g/mol. The zero-order chi connectivity index (χ0) is 36.6. The van der Waals surface area contributed by atoms with E-state index in [2.05, 4.69) is 10.6 Å². The number of methoxy groups -OCH3 is 1. The molecule has 10 nitrogen and oxygen atoms in total.